The monoisotopic (exact) mass is 296 g/mol. The maximum atomic E-state index is 10.5. The number of hydrogen-bond donors (Lipinski definition) is 2. The summed E-state index contributed by atoms with van der Waals surface area (Å²) in [6, 6.07) is 5.44. The number of aliphatic hydroxyl groups is 1. The van der Waals surface area contributed by atoms with Crippen molar-refractivity contribution in [1.82, 2.24) is 0 Å². The molecule has 0 aliphatic heterocycles. The zero-order chi connectivity index (χ0) is 14.7. The first-order valence-corrected chi connectivity index (χ1v) is 7.79. The van der Waals surface area contributed by atoms with Gasteiger partial charge in [-0.3, -0.25) is 0 Å². The molecule has 3 nitrogen and oxygen atoms in total. The van der Waals surface area contributed by atoms with Crippen molar-refractivity contribution in [2.45, 2.75) is 44.2 Å². The number of aliphatic hydroxyl groups excluding tert-OH is 1. The molecule has 0 amide bonds. The van der Waals surface area contributed by atoms with Crippen LogP contribution in [0.2, 0.25) is 5.02 Å². The van der Waals surface area contributed by atoms with Crippen molar-refractivity contribution in [2.75, 3.05) is 19.0 Å². The molecule has 0 aromatic heterocycles. The number of hydrogen-bond acceptors (Lipinski definition) is 3. The predicted molar refractivity (Wildman–Crippen MR) is 85.3 cm³/mol. The minimum absolute atomic E-state index is 0.309. The van der Waals surface area contributed by atoms with E-state index in [2.05, 4.69) is 0 Å². The summed E-state index contributed by atoms with van der Waals surface area (Å²) in [5.41, 5.74) is 8.13. The number of nitrogens with two attached hydrogens (primary N) is 1. The molecular formula is C16H25ClN2O. The van der Waals surface area contributed by atoms with E-state index in [-0.39, 0.29) is 0 Å². The average molecular weight is 297 g/mol. The number of benzene rings is 1. The van der Waals surface area contributed by atoms with Crippen molar-refractivity contribution in [2.24, 2.45) is 11.7 Å². The Morgan fingerprint density at radius 3 is 2.45 bits per heavy atom. The van der Waals surface area contributed by atoms with E-state index in [4.69, 9.17) is 17.3 Å². The highest BCUT2D eigenvalue weighted by atomic mass is 35.5. The molecule has 4 heteroatoms. The van der Waals surface area contributed by atoms with Crippen LogP contribution in [0.3, 0.4) is 0 Å². The summed E-state index contributed by atoms with van der Waals surface area (Å²) in [5, 5.41) is 11.1. The van der Waals surface area contributed by atoms with Gasteiger partial charge in [-0.1, -0.05) is 36.9 Å². The SMILES string of the molecule is CN(C)c1ccc([C@H](N)[C@H](O)C2CCCCC2)c(Cl)c1. The Kier molecular flexibility index (Phi) is 5.30. The summed E-state index contributed by atoms with van der Waals surface area (Å²) in [6.07, 6.45) is 5.31. The molecule has 1 saturated carbocycles. The zero-order valence-electron chi connectivity index (χ0n) is 12.3. The van der Waals surface area contributed by atoms with Crippen LogP contribution in [0.15, 0.2) is 18.2 Å². The van der Waals surface area contributed by atoms with Crippen LogP contribution in [0, 0.1) is 5.92 Å². The Morgan fingerprint density at radius 1 is 1.25 bits per heavy atom. The van der Waals surface area contributed by atoms with Gasteiger partial charge in [0.1, 0.15) is 0 Å². The van der Waals surface area contributed by atoms with Gasteiger partial charge >= 0.3 is 0 Å². The largest absolute Gasteiger partial charge is 0.391 e. The third-order valence-corrected chi connectivity index (χ3v) is 4.69. The van der Waals surface area contributed by atoms with E-state index in [0.29, 0.717) is 10.9 Å². The lowest BCUT2D eigenvalue weighted by Crippen LogP contribution is -2.34. The summed E-state index contributed by atoms with van der Waals surface area (Å²) >= 11 is 6.33. The molecule has 0 saturated heterocycles. The van der Waals surface area contributed by atoms with Gasteiger partial charge in [0.2, 0.25) is 0 Å². The molecule has 112 valence electrons. The van der Waals surface area contributed by atoms with Gasteiger partial charge in [-0.15, -0.1) is 0 Å². The van der Waals surface area contributed by atoms with Gasteiger partial charge in [0.05, 0.1) is 12.1 Å². The average Bonchev–Trinajstić information content (AvgIpc) is 2.46. The van der Waals surface area contributed by atoms with Crippen molar-refractivity contribution >= 4 is 17.3 Å². The number of rotatable bonds is 4. The van der Waals surface area contributed by atoms with E-state index in [1.807, 2.05) is 37.2 Å². The summed E-state index contributed by atoms with van der Waals surface area (Å²) in [5.74, 6) is 0.309. The molecule has 1 aliphatic rings. The minimum atomic E-state index is -0.502. The van der Waals surface area contributed by atoms with Crippen LogP contribution in [0.1, 0.15) is 43.7 Å². The lowest BCUT2D eigenvalue weighted by Gasteiger charge is -2.31. The second-order valence-corrected chi connectivity index (χ2v) is 6.42. The van der Waals surface area contributed by atoms with Crippen LogP contribution in [0.25, 0.3) is 0 Å². The summed E-state index contributed by atoms with van der Waals surface area (Å²) in [7, 11) is 3.95. The molecule has 0 unspecified atom stereocenters. The molecule has 1 aromatic rings. The summed E-state index contributed by atoms with van der Waals surface area (Å²) in [4.78, 5) is 2.00. The molecule has 2 atom stereocenters. The Hall–Kier alpha value is -0.770. The molecule has 0 radical (unpaired) electrons. The topological polar surface area (TPSA) is 49.5 Å². The van der Waals surface area contributed by atoms with Gasteiger partial charge in [-0.05, 0) is 36.5 Å². The van der Waals surface area contributed by atoms with Crippen LogP contribution in [-0.4, -0.2) is 25.3 Å². The highest BCUT2D eigenvalue weighted by Crippen LogP contribution is 2.34. The third kappa shape index (κ3) is 3.46. The van der Waals surface area contributed by atoms with E-state index in [1.54, 1.807) is 0 Å². The Labute approximate surface area is 126 Å². The van der Waals surface area contributed by atoms with Gasteiger partial charge in [0.25, 0.3) is 0 Å². The van der Waals surface area contributed by atoms with Crippen molar-refractivity contribution in [3.63, 3.8) is 0 Å². The van der Waals surface area contributed by atoms with E-state index < -0.39 is 12.1 Å². The first-order valence-electron chi connectivity index (χ1n) is 7.41. The standard InChI is InChI=1S/C16H25ClN2O/c1-19(2)12-8-9-13(14(17)10-12)15(18)16(20)11-6-4-3-5-7-11/h8-11,15-16,20H,3-7,18H2,1-2H3/t15-,16+/m0/s1. The fourth-order valence-corrected chi connectivity index (χ4v) is 3.32. The Balaban J connectivity index is 2.13. The van der Waals surface area contributed by atoms with Crippen molar-refractivity contribution in [3.05, 3.63) is 28.8 Å². The minimum Gasteiger partial charge on any atom is -0.391 e. The van der Waals surface area contributed by atoms with E-state index >= 15 is 0 Å². The van der Waals surface area contributed by atoms with Crippen LogP contribution < -0.4 is 10.6 Å². The lowest BCUT2D eigenvalue weighted by atomic mass is 9.81. The van der Waals surface area contributed by atoms with Crippen molar-refractivity contribution in [1.29, 1.82) is 0 Å². The predicted octanol–water partition coefficient (Wildman–Crippen LogP) is 3.35. The van der Waals surface area contributed by atoms with Crippen LogP contribution in [0.5, 0.6) is 0 Å². The molecule has 0 spiro atoms. The van der Waals surface area contributed by atoms with Crippen molar-refractivity contribution in [3.8, 4) is 0 Å². The second-order valence-electron chi connectivity index (χ2n) is 6.01. The lowest BCUT2D eigenvalue weighted by molar-refractivity contribution is 0.0618. The fraction of sp³-hybridized carbons (Fsp3) is 0.625. The number of halogens is 1. The maximum absolute atomic E-state index is 10.5. The molecular weight excluding hydrogens is 272 g/mol. The molecule has 1 aliphatic carbocycles. The van der Waals surface area contributed by atoms with Crippen molar-refractivity contribution < 1.29 is 5.11 Å². The van der Waals surface area contributed by atoms with Gasteiger partial charge in [-0.2, -0.15) is 0 Å². The molecule has 20 heavy (non-hydrogen) atoms. The summed E-state index contributed by atoms with van der Waals surface area (Å²) < 4.78 is 0. The normalized spacial score (nSPS) is 19.6. The van der Waals surface area contributed by atoms with Crippen LogP contribution in [-0.2, 0) is 0 Å². The highest BCUT2D eigenvalue weighted by Gasteiger charge is 2.28. The van der Waals surface area contributed by atoms with Gasteiger partial charge in [0, 0.05) is 24.8 Å². The fourth-order valence-electron chi connectivity index (χ4n) is 3.02. The molecule has 3 N–H and O–H groups in total. The van der Waals surface area contributed by atoms with Gasteiger partial charge < -0.3 is 15.7 Å². The first-order chi connectivity index (χ1) is 9.50. The second kappa shape index (κ2) is 6.79. The third-order valence-electron chi connectivity index (χ3n) is 4.36. The van der Waals surface area contributed by atoms with Gasteiger partial charge in [0.15, 0.2) is 0 Å². The van der Waals surface area contributed by atoms with E-state index in [1.165, 1.54) is 19.3 Å². The van der Waals surface area contributed by atoms with Crippen LogP contribution in [0.4, 0.5) is 5.69 Å². The van der Waals surface area contributed by atoms with Gasteiger partial charge in [-0.25, -0.2) is 0 Å². The highest BCUT2D eigenvalue weighted by molar-refractivity contribution is 6.31. The molecule has 1 aromatic carbocycles. The first kappa shape index (κ1) is 15.6. The van der Waals surface area contributed by atoms with E-state index in [9.17, 15) is 5.11 Å². The summed E-state index contributed by atoms with van der Waals surface area (Å²) in [6.45, 7) is 0. The number of nitrogens with zero attached hydrogens (tertiary/aromatic N) is 1. The van der Waals surface area contributed by atoms with E-state index in [0.717, 1.165) is 24.1 Å². The molecule has 0 heterocycles. The zero-order valence-corrected chi connectivity index (χ0v) is 13.1. The molecule has 2 rings (SSSR count). The Bertz CT molecular complexity index is 444. The van der Waals surface area contributed by atoms with Crippen LogP contribution >= 0.6 is 11.6 Å². The maximum Gasteiger partial charge on any atom is 0.0761 e. The quantitative estimate of drug-likeness (QED) is 0.896. The molecule has 0 bridgehead atoms. The molecule has 1 fully saturated rings. The smallest absolute Gasteiger partial charge is 0.0761 e. The Morgan fingerprint density at radius 2 is 1.90 bits per heavy atom. The number of anilines is 1.